The zero-order chi connectivity index (χ0) is 9.42. The van der Waals surface area contributed by atoms with Crippen LogP contribution in [0, 0.1) is 0 Å². The van der Waals surface area contributed by atoms with Gasteiger partial charge in [-0.15, -0.1) is 0 Å². The summed E-state index contributed by atoms with van der Waals surface area (Å²) >= 11 is 7.14. The monoisotopic (exact) mass is 213 g/mol. The molecule has 0 fully saturated rings. The van der Waals surface area contributed by atoms with E-state index in [1.807, 2.05) is 0 Å². The molecular formula is C8H8ClN3S. The van der Waals surface area contributed by atoms with Crippen molar-refractivity contribution < 1.29 is 0 Å². The maximum Gasteiger partial charge on any atom is 0.186 e. The first-order chi connectivity index (χ1) is 6.16. The molecule has 0 saturated heterocycles. The van der Waals surface area contributed by atoms with E-state index >= 15 is 0 Å². The van der Waals surface area contributed by atoms with Crippen molar-refractivity contribution in [2.45, 2.75) is 19.8 Å². The minimum Gasteiger partial charge on any atom is -0.239 e. The number of rotatable bonds is 1. The van der Waals surface area contributed by atoms with Gasteiger partial charge in [0.05, 0.1) is 6.20 Å². The molecule has 0 aliphatic carbocycles. The van der Waals surface area contributed by atoms with Crippen molar-refractivity contribution in [2.24, 2.45) is 0 Å². The van der Waals surface area contributed by atoms with Gasteiger partial charge >= 0.3 is 0 Å². The molecule has 0 aromatic carbocycles. The molecule has 5 heteroatoms. The Kier molecular flexibility index (Phi) is 2.17. The van der Waals surface area contributed by atoms with Crippen LogP contribution < -0.4 is 0 Å². The minimum absolute atomic E-state index is 0.338. The second-order valence-electron chi connectivity index (χ2n) is 3.04. The van der Waals surface area contributed by atoms with Crippen molar-refractivity contribution in [3.05, 3.63) is 16.5 Å². The van der Waals surface area contributed by atoms with Crippen LogP contribution in [0.5, 0.6) is 0 Å². The van der Waals surface area contributed by atoms with Crippen molar-refractivity contribution in [1.82, 2.24) is 15.0 Å². The van der Waals surface area contributed by atoms with Crippen LogP contribution in [0.15, 0.2) is 6.20 Å². The lowest BCUT2D eigenvalue weighted by Crippen LogP contribution is -1.95. The Morgan fingerprint density at radius 2 is 2.15 bits per heavy atom. The Hall–Kier alpha value is -0.740. The lowest BCUT2D eigenvalue weighted by atomic mass is 10.2. The fourth-order valence-corrected chi connectivity index (χ4v) is 1.96. The molecule has 0 atom stereocenters. The van der Waals surface area contributed by atoms with Crippen molar-refractivity contribution in [3.8, 4) is 0 Å². The van der Waals surface area contributed by atoms with Gasteiger partial charge < -0.3 is 0 Å². The maximum atomic E-state index is 5.75. The summed E-state index contributed by atoms with van der Waals surface area (Å²) in [5.41, 5.74) is 0.777. The zero-order valence-corrected chi connectivity index (χ0v) is 8.85. The molecule has 0 amide bonds. The van der Waals surface area contributed by atoms with Gasteiger partial charge in [-0.05, 0) is 0 Å². The van der Waals surface area contributed by atoms with E-state index in [1.54, 1.807) is 6.20 Å². The third-order valence-electron chi connectivity index (χ3n) is 1.66. The Balaban J connectivity index is 2.61. The predicted octanol–water partition coefficient (Wildman–Crippen LogP) is 2.86. The summed E-state index contributed by atoms with van der Waals surface area (Å²) in [6.45, 7) is 4.12. The highest BCUT2D eigenvalue weighted by molar-refractivity contribution is 7.21. The lowest BCUT2D eigenvalue weighted by molar-refractivity contribution is 0.783. The highest BCUT2D eigenvalue weighted by Crippen LogP contribution is 2.24. The first kappa shape index (κ1) is 8.84. The molecule has 0 spiro atoms. The van der Waals surface area contributed by atoms with Crippen LogP contribution in [0.25, 0.3) is 10.3 Å². The molecule has 3 nitrogen and oxygen atoms in total. The van der Waals surface area contributed by atoms with E-state index in [9.17, 15) is 0 Å². The third kappa shape index (κ3) is 1.64. The van der Waals surface area contributed by atoms with Crippen LogP contribution >= 0.6 is 22.9 Å². The standard InChI is InChI=1S/C8H8ClN3S/c1-4(2)6-10-3-5-7(12-6)13-8(9)11-5/h3-4H,1-2H3. The average molecular weight is 214 g/mol. The minimum atomic E-state index is 0.338. The van der Waals surface area contributed by atoms with Crippen LogP contribution in [-0.2, 0) is 0 Å². The van der Waals surface area contributed by atoms with E-state index in [4.69, 9.17) is 11.6 Å². The molecule has 2 aromatic rings. The molecule has 2 heterocycles. The summed E-state index contributed by atoms with van der Waals surface area (Å²) < 4.78 is 0.519. The van der Waals surface area contributed by atoms with Gasteiger partial charge in [0.2, 0.25) is 0 Å². The molecule has 0 radical (unpaired) electrons. The van der Waals surface area contributed by atoms with Gasteiger partial charge in [-0.25, -0.2) is 15.0 Å². The molecule has 13 heavy (non-hydrogen) atoms. The Morgan fingerprint density at radius 1 is 1.38 bits per heavy atom. The van der Waals surface area contributed by atoms with Crippen LogP contribution in [0.3, 0.4) is 0 Å². The van der Waals surface area contributed by atoms with Gasteiger partial charge in [-0.2, -0.15) is 0 Å². The number of nitrogens with zero attached hydrogens (tertiary/aromatic N) is 3. The van der Waals surface area contributed by atoms with E-state index in [1.165, 1.54) is 11.3 Å². The Bertz CT molecular complexity index is 438. The predicted molar refractivity (Wildman–Crippen MR) is 54.3 cm³/mol. The number of fused-ring (bicyclic) bond motifs is 1. The van der Waals surface area contributed by atoms with Crippen LogP contribution in [0.1, 0.15) is 25.6 Å². The van der Waals surface area contributed by atoms with Crippen molar-refractivity contribution in [1.29, 1.82) is 0 Å². The SMILES string of the molecule is CC(C)c1ncc2nc(Cl)sc2n1. The molecule has 0 aliphatic heterocycles. The van der Waals surface area contributed by atoms with E-state index in [-0.39, 0.29) is 0 Å². The second kappa shape index (κ2) is 3.20. The summed E-state index contributed by atoms with van der Waals surface area (Å²) in [6.07, 6.45) is 1.72. The van der Waals surface area contributed by atoms with E-state index < -0.39 is 0 Å². The summed E-state index contributed by atoms with van der Waals surface area (Å²) in [4.78, 5) is 13.5. The molecule has 68 valence electrons. The molecule has 0 N–H and O–H groups in total. The van der Waals surface area contributed by atoms with Gasteiger partial charge in [0.25, 0.3) is 0 Å². The van der Waals surface area contributed by atoms with Crippen molar-refractivity contribution in [3.63, 3.8) is 0 Å². The van der Waals surface area contributed by atoms with Gasteiger partial charge in [0, 0.05) is 5.92 Å². The molecular weight excluding hydrogens is 206 g/mol. The average Bonchev–Trinajstić information content (AvgIpc) is 2.42. The topological polar surface area (TPSA) is 38.7 Å². The van der Waals surface area contributed by atoms with E-state index in [0.717, 1.165) is 16.2 Å². The summed E-state index contributed by atoms with van der Waals surface area (Å²) in [7, 11) is 0. The molecule has 0 unspecified atom stereocenters. The summed E-state index contributed by atoms with van der Waals surface area (Å²) in [5.74, 6) is 1.18. The van der Waals surface area contributed by atoms with Crippen LogP contribution in [-0.4, -0.2) is 15.0 Å². The molecule has 0 saturated carbocycles. The number of halogens is 1. The van der Waals surface area contributed by atoms with E-state index in [0.29, 0.717) is 10.4 Å². The quantitative estimate of drug-likeness (QED) is 0.731. The van der Waals surface area contributed by atoms with Gasteiger partial charge in [-0.3, -0.25) is 0 Å². The van der Waals surface area contributed by atoms with Crippen LogP contribution in [0.4, 0.5) is 0 Å². The largest absolute Gasteiger partial charge is 0.239 e. The molecule has 2 aromatic heterocycles. The van der Waals surface area contributed by atoms with Gasteiger partial charge in [-0.1, -0.05) is 36.8 Å². The summed E-state index contributed by atoms with van der Waals surface area (Å²) in [6, 6.07) is 0. The van der Waals surface area contributed by atoms with E-state index in [2.05, 4.69) is 28.8 Å². The first-order valence-corrected chi connectivity index (χ1v) is 5.15. The normalized spacial score (nSPS) is 11.4. The fourth-order valence-electron chi connectivity index (χ4n) is 1.000. The van der Waals surface area contributed by atoms with Crippen molar-refractivity contribution >= 4 is 33.3 Å². The highest BCUT2D eigenvalue weighted by atomic mass is 35.5. The summed E-state index contributed by atoms with van der Waals surface area (Å²) in [5, 5.41) is 0. The number of aromatic nitrogens is 3. The number of hydrogen-bond acceptors (Lipinski definition) is 4. The van der Waals surface area contributed by atoms with Gasteiger partial charge in [0.15, 0.2) is 4.47 Å². The first-order valence-electron chi connectivity index (χ1n) is 3.96. The maximum absolute atomic E-state index is 5.75. The van der Waals surface area contributed by atoms with Crippen LogP contribution in [0.2, 0.25) is 4.47 Å². The Morgan fingerprint density at radius 3 is 2.85 bits per heavy atom. The number of hydrogen-bond donors (Lipinski definition) is 0. The lowest BCUT2D eigenvalue weighted by Gasteiger charge is -2.00. The molecule has 0 aliphatic rings. The fraction of sp³-hybridized carbons (Fsp3) is 0.375. The Labute approximate surface area is 84.8 Å². The smallest absolute Gasteiger partial charge is 0.186 e. The highest BCUT2D eigenvalue weighted by Gasteiger charge is 2.07. The molecule has 2 rings (SSSR count). The van der Waals surface area contributed by atoms with Crippen molar-refractivity contribution in [2.75, 3.05) is 0 Å². The second-order valence-corrected chi connectivity index (χ2v) is 4.60. The zero-order valence-electron chi connectivity index (χ0n) is 7.28. The molecule has 0 bridgehead atoms. The van der Waals surface area contributed by atoms with Gasteiger partial charge in [0.1, 0.15) is 16.2 Å². The number of thiazole rings is 1. The third-order valence-corrected chi connectivity index (χ3v) is 2.73.